The molecule has 5 nitrogen and oxygen atoms in total. The van der Waals surface area contributed by atoms with Crippen LogP contribution < -0.4 is 5.32 Å². The molecule has 1 fully saturated rings. The molecule has 2 aliphatic heterocycles. The number of benzene rings is 2. The zero-order valence-electron chi connectivity index (χ0n) is 15.6. The lowest BCUT2D eigenvalue weighted by atomic mass is 9.87. The van der Waals surface area contributed by atoms with Crippen molar-refractivity contribution in [3.8, 4) is 5.75 Å². The molecular formula is C22H25N3O2. The van der Waals surface area contributed by atoms with Crippen molar-refractivity contribution in [2.45, 2.75) is 37.9 Å². The Labute approximate surface area is 159 Å². The molecule has 2 N–H and O–H groups in total. The van der Waals surface area contributed by atoms with Gasteiger partial charge in [-0.1, -0.05) is 42.5 Å². The van der Waals surface area contributed by atoms with Crippen molar-refractivity contribution in [2.24, 2.45) is 4.99 Å². The highest BCUT2D eigenvalue weighted by Gasteiger charge is 2.40. The summed E-state index contributed by atoms with van der Waals surface area (Å²) in [5.41, 5.74) is 2.54. The van der Waals surface area contributed by atoms with Crippen LogP contribution in [0.4, 0.5) is 0 Å². The maximum atomic E-state index is 11.7. The average Bonchev–Trinajstić information content (AvgIpc) is 2.69. The van der Waals surface area contributed by atoms with Crippen molar-refractivity contribution < 1.29 is 9.90 Å². The molecule has 0 saturated carbocycles. The second kappa shape index (κ2) is 7.16. The second-order valence-electron chi connectivity index (χ2n) is 7.43. The number of hydrogen-bond acceptors (Lipinski definition) is 4. The first kappa shape index (κ1) is 17.7. The lowest BCUT2D eigenvalue weighted by molar-refractivity contribution is -0.130. The summed E-state index contributed by atoms with van der Waals surface area (Å²) in [5, 5.41) is 14.1. The molecule has 1 saturated heterocycles. The molecule has 2 heterocycles. The SMILES string of the molecule is CC(=O)N1CCC2(CC1)N=C(c1ccccc1O)CC(c1ccccc1)N2. The third-order valence-electron chi connectivity index (χ3n) is 5.64. The molecule has 5 heteroatoms. The van der Waals surface area contributed by atoms with Crippen LogP contribution in [0.2, 0.25) is 0 Å². The van der Waals surface area contributed by atoms with E-state index in [-0.39, 0.29) is 17.7 Å². The lowest BCUT2D eigenvalue weighted by Crippen LogP contribution is -2.56. The number of amides is 1. The van der Waals surface area contributed by atoms with E-state index in [4.69, 9.17) is 4.99 Å². The number of hydrogen-bond donors (Lipinski definition) is 2. The number of nitrogens with one attached hydrogen (secondary N) is 1. The van der Waals surface area contributed by atoms with Gasteiger partial charge in [0.1, 0.15) is 11.4 Å². The average molecular weight is 363 g/mol. The molecule has 2 aliphatic rings. The van der Waals surface area contributed by atoms with Crippen molar-refractivity contribution in [2.75, 3.05) is 13.1 Å². The first-order valence-electron chi connectivity index (χ1n) is 9.52. The molecule has 1 spiro atoms. The summed E-state index contributed by atoms with van der Waals surface area (Å²) < 4.78 is 0. The topological polar surface area (TPSA) is 64.9 Å². The van der Waals surface area contributed by atoms with Gasteiger partial charge in [-0.25, -0.2) is 0 Å². The van der Waals surface area contributed by atoms with Crippen molar-refractivity contribution in [3.63, 3.8) is 0 Å². The molecule has 0 radical (unpaired) electrons. The van der Waals surface area contributed by atoms with Crippen LogP contribution in [0.5, 0.6) is 5.75 Å². The van der Waals surface area contributed by atoms with Crippen LogP contribution in [0.25, 0.3) is 0 Å². The van der Waals surface area contributed by atoms with Gasteiger partial charge in [-0.05, 0) is 17.7 Å². The van der Waals surface area contributed by atoms with Gasteiger partial charge in [0.2, 0.25) is 5.91 Å². The van der Waals surface area contributed by atoms with Crippen LogP contribution in [0, 0.1) is 0 Å². The Balaban J connectivity index is 1.70. The predicted molar refractivity (Wildman–Crippen MR) is 106 cm³/mol. The van der Waals surface area contributed by atoms with Crippen LogP contribution in [-0.2, 0) is 4.79 Å². The zero-order chi connectivity index (χ0) is 18.9. The Morgan fingerprint density at radius 1 is 1.11 bits per heavy atom. The predicted octanol–water partition coefficient (Wildman–Crippen LogP) is 3.25. The number of rotatable bonds is 2. The monoisotopic (exact) mass is 363 g/mol. The van der Waals surface area contributed by atoms with E-state index in [9.17, 15) is 9.90 Å². The molecule has 1 amide bonds. The van der Waals surface area contributed by atoms with E-state index in [1.54, 1.807) is 13.0 Å². The van der Waals surface area contributed by atoms with Gasteiger partial charge in [0, 0.05) is 56.6 Å². The maximum absolute atomic E-state index is 11.7. The molecule has 0 aromatic heterocycles. The fourth-order valence-corrected chi connectivity index (χ4v) is 4.13. The number of carbonyl (C=O) groups is 1. The number of carbonyl (C=O) groups excluding carboxylic acids is 1. The first-order valence-corrected chi connectivity index (χ1v) is 9.52. The minimum atomic E-state index is -0.400. The number of aromatic hydroxyl groups is 1. The first-order chi connectivity index (χ1) is 13.1. The number of nitrogens with zero attached hydrogens (tertiary/aromatic N) is 2. The summed E-state index contributed by atoms with van der Waals surface area (Å²) in [4.78, 5) is 18.7. The smallest absolute Gasteiger partial charge is 0.219 e. The highest BCUT2D eigenvalue weighted by atomic mass is 16.3. The minimum absolute atomic E-state index is 0.116. The third-order valence-corrected chi connectivity index (χ3v) is 5.64. The van der Waals surface area contributed by atoms with E-state index in [0.717, 1.165) is 30.5 Å². The Hall–Kier alpha value is -2.66. The standard InChI is InChI=1S/C22H25N3O2/c1-16(26)25-13-11-22(12-14-25)23-19(17-7-3-2-4-8-17)15-20(24-22)18-9-5-6-10-21(18)27/h2-10,19,23,27H,11-15H2,1H3. The largest absolute Gasteiger partial charge is 0.507 e. The number of phenols is 1. The molecule has 2 aromatic carbocycles. The number of piperidine rings is 1. The van der Waals surface area contributed by atoms with E-state index in [1.165, 1.54) is 5.56 Å². The van der Waals surface area contributed by atoms with Crippen molar-refractivity contribution in [1.82, 2.24) is 10.2 Å². The normalized spacial score (nSPS) is 21.7. The fraction of sp³-hybridized carbons (Fsp3) is 0.364. The van der Waals surface area contributed by atoms with Gasteiger partial charge >= 0.3 is 0 Å². The van der Waals surface area contributed by atoms with Crippen molar-refractivity contribution >= 4 is 11.6 Å². The van der Waals surface area contributed by atoms with Crippen LogP contribution in [-0.4, -0.2) is 40.4 Å². The van der Waals surface area contributed by atoms with Crippen LogP contribution in [0.1, 0.15) is 43.4 Å². The minimum Gasteiger partial charge on any atom is -0.507 e. The zero-order valence-corrected chi connectivity index (χ0v) is 15.6. The number of phenolic OH excluding ortho intramolecular Hbond substituents is 1. The van der Waals surface area contributed by atoms with E-state index < -0.39 is 5.66 Å². The highest BCUT2D eigenvalue weighted by molar-refractivity contribution is 6.03. The number of para-hydroxylation sites is 1. The van der Waals surface area contributed by atoms with Crippen LogP contribution in [0.3, 0.4) is 0 Å². The molecule has 1 atom stereocenters. The molecule has 4 rings (SSSR count). The second-order valence-corrected chi connectivity index (χ2v) is 7.43. The number of aliphatic imine (C=N–C) groups is 1. The van der Waals surface area contributed by atoms with Gasteiger partial charge < -0.3 is 10.0 Å². The molecule has 2 aromatic rings. The van der Waals surface area contributed by atoms with E-state index in [1.807, 2.05) is 41.3 Å². The van der Waals surface area contributed by atoms with Gasteiger partial charge in [0.25, 0.3) is 0 Å². The van der Waals surface area contributed by atoms with Crippen LogP contribution >= 0.6 is 0 Å². The van der Waals surface area contributed by atoms with Crippen molar-refractivity contribution in [3.05, 3.63) is 65.7 Å². The van der Waals surface area contributed by atoms with Gasteiger partial charge in [-0.3, -0.25) is 15.1 Å². The van der Waals surface area contributed by atoms with Gasteiger partial charge in [-0.2, -0.15) is 0 Å². The van der Waals surface area contributed by atoms with Gasteiger partial charge in [-0.15, -0.1) is 0 Å². The molecule has 0 aliphatic carbocycles. The summed E-state index contributed by atoms with van der Waals surface area (Å²) >= 11 is 0. The molecule has 0 bridgehead atoms. The summed E-state index contributed by atoms with van der Waals surface area (Å²) in [7, 11) is 0. The van der Waals surface area contributed by atoms with E-state index in [0.29, 0.717) is 13.1 Å². The summed E-state index contributed by atoms with van der Waals surface area (Å²) in [5.74, 6) is 0.381. The van der Waals surface area contributed by atoms with Crippen LogP contribution in [0.15, 0.2) is 59.6 Å². The third kappa shape index (κ3) is 3.60. The summed E-state index contributed by atoms with van der Waals surface area (Å²) in [6, 6.07) is 17.9. The van der Waals surface area contributed by atoms with Gasteiger partial charge in [0.15, 0.2) is 0 Å². The Kier molecular flexibility index (Phi) is 4.70. The Morgan fingerprint density at radius 3 is 2.44 bits per heavy atom. The van der Waals surface area contributed by atoms with Crippen molar-refractivity contribution in [1.29, 1.82) is 0 Å². The molecular weight excluding hydrogens is 338 g/mol. The summed E-state index contributed by atoms with van der Waals surface area (Å²) in [6.45, 7) is 3.01. The lowest BCUT2D eigenvalue weighted by Gasteiger charge is -2.45. The number of likely N-dealkylation sites (tertiary alicyclic amines) is 1. The summed E-state index contributed by atoms with van der Waals surface area (Å²) in [6.07, 6.45) is 2.26. The van der Waals surface area contributed by atoms with Gasteiger partial charge in [0.05, 0.1) is 0 Å². The van der Waals surface area contributed by atoms with E-state index in [2.05, 4.69) is 17.4 Å². The molecule has 27 heavy (non-hydrogen) atoms. The molecule has 140 valence electrons. The highest BCUT2D eigenvalue weighted by Crippen LogP contribution is 2.36. The quantitative estimate of drug-likeness (QED) is 0.861. The molecule has 1 unspecified atom stereocenters. The Morgan fingerprint density at radius 2 is 1.78 bits per heavy atom. The fourth-order valence-electron chi connectivity index (χ4n) is 4.13. The maximum Gasteiger partial charge on any atom is 0.219 e. The Bertz CT molecular complexity index is 855. The van der Waals surface area contributed by atoms with E-state index >= 15 is 0 Å².